The molecule has 0 heterocycles. The number of rotatable bonds is 0. The van der Waals surface area contributed by atoms with Crippen LogP contribution in [-0.2, 0) is 0 Å². The second-order valence-corrected chi connectivity index (χ2v) is 1.52. The Morgan fingerprint density at radius 2 is 1.11 bits per heavy atom. The molecule has 0 saturated heterocycles. The van der Waals surface area contributed by atoms with Gasteiger partial charge >= 0.3 is 18.9 Å². The van der Waals surface area contributed by atoms with Crippen molar-refractivity contribution in [1.82, 2.24) is 0 Å². The van der Waals surface area contributed by atoms with Crippen LogP contribution < -0.4 is 18.9 Å². The number of hydrogen-bond donors (Lipinski definition) is 2. The first-order chi connectivity index (χ1) is 3.79. The summed E-state index contributed by atoms with van der Waals surface area (Å²) in [5.41, 5.74) is 0. The van der Waals surface area contributed by atoms with Crippen molar-refractivity contribution >= 4 is 0 Å². The molecule has 3 heteroatoms. The monoisotopic (exact) mass is 118 g/mol. The van der Waals surface area contributed by atoms with Crippen molar-refractivity contribution in [1.29, 1.82) is 0 Å². The number of phenolic OH excluding ortho intramolecular Hbond substituents is 2. The molecule has 0 aliphatic carbocycles. The van der Waals surface area contributed by atoms with Crippen molar-refractivity contribution in [3.8, 4) is 11.5 Å². The number of hydrogen-bond acceptors (Lipinski definition) is 2. The van der Waals surface area contributed by atoms with Crippen molar-refractivity contribution < 1.29 is 30.5 Å². The summed E-state index contributed by atoms with van der Waals surface area (Å²) in [4.78, 5) is 0. The van der Waals surface area contributed by atoms with E-state index in [4.69, 9.17) is 10.2 Å². The molecular weight excluding hydrogens is 111 g/mol. The Bertz CT molecular complexity index is 155. The van der Waals surface area contributed by atoms with Gasteiger partial charge in [-0.05, 0) is 24.3 Å². The maximum Gasteiger partial charge on any atom is 1.00 e. The van der Waals surface area contributed by atoms with Crippen LogP contribution in [0.5, 0.6) is 11.5 Å². The summed E-state index contributed by atoms with van der Waals surface area (Å²) < 4.78 is 0. The molecule has 2 nitrogen and oxygen atoms in total. The van der Waals surface area contributed by atoms with Gasteiger partial charge in [0, 0.05) is 0 Å². The standard InChI is InChI=1S/C6H6O2.Li.H/c7-5-1-2-6(8)4-3-5;;/h1-4,7-8H;;/q;+1;-1. The third-order valence-corrected chi connectivity index (χ3v) is 0.850. The molecule has 0 fully saturated rings. The van der Waals surface area contributed by atoms with Crippen molar-refractivity contribution in [2.45, 2.75) is 0 Å². The van der Waals surface area contributed by atoms with Crippen LogP contribution in [-0.4, -0.2) is 10.2 Å². The minimum Gasteiger partial charge on any atom is -1.00 e. The maximum atomic E-state index is 8.65. The number of benzene rings is 1. The number of aromatic hydroxyl groups is 2. The molecule has 0 aliphatic rings. The molecule has 0 aliphatic heterocycles. The summed E-state index contributed by atoms with van der Waals surface area (Å²) in [6.45, 7) is 0. The minimum absolute atomic E-state index is 0. The third kappa shape index (κ3) is 2.45. The van der Waals surface area contributed by atoms with Crippen LogP contribution in [0.3, 0.4) is 0 Å². The zero-order chi connectivity index (χ0) is 5.98. The molecule has 0 aromatic heterocycles. The Morgan fingerprint density at radius 1 is 0.889 bits per heavy atom. The van der Waals surface area contributed by atoms with Gasteiger partial charge in [-0.2, -0.15) is 0 Å². The molecule has 0 atom stereocenters. The normalized spacial score (nSPS) is 8.00. The smallest absolute Gasteiger partial charge is 1.00 e. The SMILES string of the molecule is Oc1ccc(O)cc1.[H-].[Li+]. The van der Waals surface area contributed by atoms with E-state index in [2.05, 4.69) is 0 Å². The van der Waals surface area contributed by atoms with Gasteiger partial charge in [-0.25, -0.2) is 0 Å². The molecule has 1 rings (SSSR count). The fourth-order valence-corrected chi connectivity index (χ4v) is 0.453. The first-order valence-corrected chi connectivity index (χ1v) is 2.27. The van der Waals surface area contributed by atoms with Crippen LogP contribution in [0.1, 0.15) is 1.43 Å². The average Bonchev–Trinajstić information content (AvgIpc) is 1.77. The van der Waals surface area contributed by atoms with E-state index in [0.29, 0.717) is 0 Å². The summed E-state index contributed by atoms with van der Waals surface area (Å²) in [7, 11) is 0. The van der Waals surface area contributed by atoms with Crippen molar-refractivity contribution in [3.63, 3.8) is 0 Å². The van der Waals surface area contributed by atoms with Crippen molar-refractivity contribution in [3.05, 3.63) is 24.3 Å². The molecule has 0 radical (unpaired) electrons. The minimum atomic E-state index is 0. The average molecular weight is 118 g/mol. The maximum absolute atomic E-state index is 8.65. The molecule has 2 N–H and O–H groups in total. The Kier molecular flexibility index (Phi) is 3.22. The number of phenols is 2. The Labute approximate surface area is 66.8 Å². The Hall–Kier alpha value is -0.583. The summed E-state index contributed by atoms with van der Waals surface area (Å²) in [5.74, 6) is 0.339. The van der Waals surface area contributed by atoms with Gasteiger partial charge in [0.2, 0.25) is 0 Å². The van der Waals surface area contributed by atoms with Gasteiger partial charge < -0.3 is 11.6 Å². The molecule has 0 amide bonds. The van der Waals surface area contributed by atoms with Gasteiger partial charge in [0.15, 0.2) is 0 Å². The Balaban J connectivity index is 0. The predicted octanol–water partition coefficient (Wildman–Crippen LogP) is -1.79. The zero-order valence-corrected chi connectivity index (χ0v) is 5.20. The van der Waals surface area contributed by atoms with Gasteiger partial charge in [0.1, 0.15) is 11.5 Å². The van der Waals surface area contributed by atoms with Crippen LogP contribution >= 0.6 is 0 Å². The van der Waals surface area contributed by atoms with E-state index < -0.39 is 0 Å². The molecule has 44 valence electrons. The fourth-order valence-electron chi connectivity index (χ4n) is 0.453. The first kappa shape index (κ1) is 8.42. The quantitative estimate of drug-likeness (QED) is 0.312. The van der Waals surface area contributed by atoms with Gasteiger partial charge in [0.25, 0.3) is 0 Å². The summed E-state index contributed by atoms with van der Waals surface area (Å²) >= 11 is 0. The summed E-state index contributed by atoms with van der Waals surface area (Å²) in [5, 5.41) is 17.3. The van der Waals surface area contributed by atoms with E-state index in [1.54, 1.807) is 0 Å². The molecule has 0 unspecified atom stereocenters. The second-order valence-electron chi connectivity index (χ2n) is 1.52. The van der Waals surface area contributed by atoms with E-state index in [1.807, 2.05) is 0 Å². The largest absolute Gasteiger partial charge is 1.00 e. The topological polar surface area (TPSA) is 40.5 Å². The van der Waals surface area contributed by atoms with E-state index >= 15 is 0 Å². The second kappa shape index (κ2) is 3.44. The summed E-state index contributed by atoms with van der Waals surface area (Å²) in [6.07, 6.45) is 0. The van der Waals surface area contributed by atoms with Gasteiger partial charge in [-0.3, -0.25) is 0 Å². The van der Waals surface area contributed by atoms with Gasteiger partial charge in [-0.15, -0.1) is 0 Å². The summed E-state index contributed by atoms with van der Waals surface area (Å²) in [6, 6.07) is 5.70. The van der Waals surface area contributed by atoms with Gasteiger partial charge in [-0.1, -0.05) is 0 Å². The van der Waals surface area contributed by atoms with Crippen LogP contribution in [0, 0.1) is 0 Å². The van der Waals surface area contributed by atoms with Crippen LogP contribution in [0.15, 0.2) is 24.3 Å². The van der Waals surface area contributed by atoms with Gasteiger partial charge in [0.05, 0.1) is 0 Å². The molecular formula is C6H7LiO2. The fraction of sp³-hybridized carbons (Fsp3) is 0. The third-order valence-electron chi connectivity index (χ3n) is 0.850. The molecule has 0 spiro atoms. The molecule has 0 bridgehead atoms. The Morgan fingerprint density at radius 3 is 1.33 bits per heavy atom. The molecule has 1 aromatic carbocycles. The van der Waals surface area contributed by atoms with E-state index in [9.17, 15) is 0 Å². The van der Waals surface area contributed by atoms with Crippen LogP contribution in [0.2, 0.25) is 0 Å². The van der Waals surface area contributed by atoms with Crippen LogP contribution in [0.25, 0.3) is 0 Å². The van der Waals surface area contributed by atoms with Crippen molar-refractivity contribution in [2.75, 3.05) is 0 Å². The molecule has 1 aromatic rings. The predicted molar refractivity (Wildman–Crippen MR) is 30.9 cm³/mol. The first-order valence-electron chi connectivity index (χ1n) is 2.27. The van der Waals surface area contributed by atoms with E-state index in [0.717, 1.165) is 0 Å². The molecule has 9 heavy (non-hydrogen) atoms. The van der Waals surface area contributed by atoms with Crippen molar-refractivity contribution in [2.24, 2.45) is 0 Å². The van der Waals surface area contributed by atoms with E-state index in [1.165, 1.54) is 24.3 Å². The van der Waals surface area contributed by atoms with E-state index in [-0.39, 0.29) is 31.8 Å². The van der Waals surface area contributed by atoms with Crippen LogP contribution in [0.4, 0.5) is 0 Å². The zero-order valence-electron chi connectivity index (χ0n) is 6.20. The molecule has 0 saturated carbocycles.